The van der Waals surface area contributed by atoms with Crippen molar-refractivity contribution in [3.05, 3.63) is 89.5 Å². The smallest absolute Gasteiger partial charge is 0.251 e. The number of Topliss-reactive ketones (excluding diaryl/α,β-unsaturated/α-hetero) is 1. The first-order valence-electron chi connectivity index (χ1n) is 24.8. The van der Waals surface area contributed by atoms with E-state index in [0.29, 0.717) is 19.3 Å². The van der Waals surface area contributed by atoms with Gasteiger partial charge in [0.1, 0.15) is 11.3 Å². The lowest BCUT2D eigenvalue weighted by Gasteiger charge is -2.34. The van der Waals surface area contributed by atoms with Crippen LogP contribution in [-0.4, -0.2) is 157 Å². The Kier molecular flexibility index (Phi) is 28.3. The summed E-state index contributed by atoms with van der Waals surface area (Å²) in [5, 5.41) is 34.3. The lowest BCUT2D eigenvalue weighted by molar-refractivity contribution is -0.131. The highest BCUT2D eigenvalue weighted by atomic mass is 32.2. The summed E-state index contributed by atoms with van der Waals surface area (Å²) in [5.74, 6) is -3.18. The molecule has 30 heteroatoms. The topological polar surface area (TPSA) is 429 Å². The maximum absolute atomic E-state index is 13.4. The van der Waals surface area contributed by atoms with Gasteiger partial charge in [0.05, 0.1) is 54.3 Å². The molecule has 0 spiro atoms. The number of carbonyl (C=O) groups excluding carboxylic acids is 8. The second-order valence-electron chi connectivity index (χ2n) is 17.9. The lowest BCUT2D eigenvalue weighted by atomic mass is 10.0. The minimum atomic E-state index is -3.93. The molecule has 0 aliphatic carbocycles. The summed E-state index contributed by atoms with van der Waals surface area (Å²) in [7, 11) is -11.8. The van der Waals surface area contributed by atoms with Gasteiger partial charge in [-0.25, -0.2) is 40.7 Å². The van der Waals surface area contributed by atoms with Gasteiger partial charge >= 0.3 is 0 Å². The fourth-order valence-corrected chi connectivity index (χ4v) is 8.45. The third-order valence-electron chi connectivity index (χ3n) is 11.1. The molecule has 0 saturated carbocycles. The van der Waals surface area contributed by atoms with E-state index in [1.54, 1.807) is 0 Å². The number of ether oxygens (including phenoxy) is 3. The van der Waals surface area contributed by atoms with Gasteiger partial charge in [-0.1, -0.05) is 0 Å². The normalized spacial score (nSPS) is 11.7. The molecule has 7 amide bonds. The van der Waals surface area contributed by atoms with Crippen molar-refractivity contribution in [1.29, 1.82) is 0 Å². The average Bonchev–Trinajstić information content (AvgIpc) is 3.39. The first-order valence-corrected chi connectivity index (χ1v) is 29.5. The van der Waals surface area contributed by atoms with E-state index in [4.69, 9.17) is 29.6 Å². The maximum Gasteiger partial charge on any atom is 0.251 e. The molecule has 0 aliphatic heterocycles. The molecule has 79 heavy (non-hydrogen) atoms. The predicted octanol–water partition coefficient (Wildman–Crippen LogP) is -1.43. The molecule has 0 heterocycles. The van der Waals surface area contributed by atoms with Crippen LogP contribution in [0.5, 0.6) is 0 Å². The number of benzene rings is 3. The van der Waals surface area contributed by atoms with Gasteiger partial charge in [-0.05, 0) is 105 Å². The van der Waals surface area contributed by atoms with E-state index in [2.05, 4.69) is 37.2 Å². The number of nitrogens with one attached hydrogen (secondary N) is 7. The van der Waals surface area contributed by atoms with Gasteiger partial charge < -0.3 is 56.2 Å². The van der Waals surface area contributed by atoms with Crippen molar-refractivity contribution >= 4 is 77.2 Å². The van der Waals surface area contributed by atoms with E-state index in [0.717, 1.165) is 0 Å². The minimum Gasteiger partial charge on any atom is -0.378 e. The van der Waals surface area contributed by atoms with Crippen LogP contribution in [0.2, 0.25) is 0 Å². The Bertz CT molecular complexity index is 2590. The molecule has 0 atom stereocenters. The van der Waals surface area contributed by atoms with Crippen molar-refractivity contribution in [2.45, 2.75) is 84.9 Å². The van der Waals surface area contributed by atoms with Crippen molar-refractivity contribution in [3.8, 4) is 0 Å². The number of rotatable bonds is 38. The SMILES string of the molecule is CC(=O)CCCC(=O)NC(COCCC(=O)NCCCNC(=O)c1ccc(S(N)(=O)=O)cc1)(COCCC(=O)NCCCNC(=O)c1ccc(S(N)(=O)=O)cc1)COCCC(=O)NCCCNC(=O)c1ccc(S(N)(=O)=O)cc1. The van der Waals surface area contributed by atoms with Crippen LogP contribution >= 0.6 is 0 Å². The molecule has 436 valence electrons. The zero-order chi connectivity index (χ0) is 58.5. The lowest BCUT2D eigenvalue weighted by Crippen LogP contribution is -2.58. The van der Waals surface area contributed by atoms with Crippen molar-refractivity contribution in [2.24, 2.45) is 15.4 Å². The van der Waals surface area contributed by atoms with Crippen LogP contribution in [0.4, 0.5) is 0 Å². The maximum atomic E-state index is 13.4. The van der Waals surface area contributed by atoms with E-state index in [1.807, 2.05) is 0 Å². The summed E-state index contributed by atoms with van der Waals surface area (Å²) in [6.45, 7) is 1.26. The van der Waals surface area contributed by atoms with E-state index in [1.165, 1.54) is 79.7 Å². The Morgan fingerprint density at radius 2 is 0.671 bits per heavy atom. The Hall–Kier alpha value is -6.77. The number of carbonyl (C=O) groups is 8. The van der Waals surface area contributed by atoms with Crippen molar-refractivity contribution in [2.75, 3.05) is 78.9 Å². The molecule has 3 rings (SSSR count). The summed E-state index contributed by atoms with van der Waals surface area (Å²) in [5.41, 5.74) is -0.818. The molecule has 0 bridgehead atoms. The van der Waals surface area contributed by atoms with Gasteiger partial charge in [-0.15, -0.1) is 0 Å². The van der Waals surface area contributed by atoms with Crippen LogP contribution in [0, 0.1) is 0 Å². The van der Waals surface area contributed by atoms with E-state index in [-0.39, 0.29) is 155 Å². The molecule has 0 radical (unpaired) electrons. The molecule has 13 N–H and O–H groups in total. The number of amides is 7. The van der Waals surface area contributed by atoms with Gasteiger partial charge in [0.25, 0.3) is 17.7 Å². The quantitative estimate of drug-likeness (QED) is 0.0294. The van der Waals surface area contributed by atoms with Gasteiger partial charge in [-0.2, -0.15) is 0 Å². The highest BCUT2D eigenvalue weighted by molar-refractivity contribution is 7.89. The number of hydrogen-bond acceptors (Lipinski definition) is 17. The second-order valence-corrected chi connectivity index (χ2v) is 22.6. The molecule has 0 unspecified atom stereocenters. The van der Waals surface area contributed by atoms with Crippen LogP contribution in [-0.2, 0) is 68.3 Å². The molecule has 3 aromatic rings. The third-order valence-corrected chi connectivity index (χ3v) is 13.9. The fourth-order valence-electron chi connectivity index (χ4n) is 6.90. The van der Waals surface area contributed by atoms with Gasteiger partial charge in [0.15, 0.2) is 0 Å². The summed E-state index contributed by atoms with van der Waals surface area (Å²) < 4.78 is 86.7. The standard InChI is InChI=1S/C49H70N10O17S3/c1-35(60)6-2-7-45(64)59-49(32-74-29-20-42(61)53-23-3-26-56-46(65)36-8-14-39(15-9-36)77(50,68)69,33-75-30-21-43(62)54-24-4-27-57-47(66)37-10-16-40(17-11-37)78(51,70)71)34-76-31-22-44(63)55-25-5-28-58-48(67)38-12-18-41(19-13-38)79(52,72)73/h8-19H,2-7,20-34H2,1H3,(H,53,61)(H,54,62)(H,55,63)(H,56,65)(H,57,66)(H,58,67)(H,59,64)(H2,50,68,69)(H2,51,70,71)(H2,52,72,73). The molecule has 0 fully saturated rings. The van der Waals surface area contributed by atoms with Gasteiger partial charge in [-0.3, -0.25) is 33.6 Å². The first kappa shape index (κ1) is 66.5. The largest absolute Gasteiger partial charge is 0.378 e. The number of nitrogens with two attached hydrogens (primary N) is 3. The monoisotopic (exact) mass is 1170 g/mol. The number of primary sulfonamides is 3. The molecule has 0 saturated heterocycles. The minimum absolute atomic E-state index is 0.0589. The van der Waals surface area contributed by atoms with Crippen LogP contribution < -0.4 is 52.6 Å². The zero-order valence-corrected chi connectivity index (χ0v) is 46.1. The highest BCUT2D eigenvalue weighted by Crippen LogP contribution is 2.14. The predicted molar refractivity (Wildman–Crippen MR) is 285 cm³/mol. The number of hydrogen-bond donors (Lipinski definition) is 10. The summed E-state index contributed by atoms with van der Waals surface area (Å²) >= 11 is 0. The van der Waals surface area contributed by atoms with Gasteiger partial charge in [0.2, 0.25) is 53.7 Å². The zero-order valence-electron chi connectivity index (χ0n) is 43.7. The van der Waals surface area contributed by atoms with Crippen molar-refractivity contribution in [3.63, 3.8) is 0 Å². The van der Waals surface area contributed by atoms with Crippen LogP contribution in [0.15, 0.2) is 87.5 Å². The first-order chi connectivity index (χ1) is 37.3. The number of ketones is 1. The molecule has 0 aliphatic rings. The second kappa shape index (κ2) is 33.6. The average molecular weight is 1170 g/mol. The Morgan fingerprint density at radius 1 is 0.392 bits per heavy atom. The fraction of sp³-hybridized carbons (Fsp3) is 0.469. The third kappa shape index (κ3) is 27.1. The summed E-state index contributed by atoms with van der Waals surface area (Å²) in [4.78, 5) is 100. The van der Waals surface area contributed by atoms with Crippen molar-refractivity contribution < 1.29 is 77.8 Å². The Balaban J connectivity index is 1.55. The molecular formula is C49H70N10O17S3. The van der Waals surface area contributed by atoms with Gasteiger partial charge in [0, 0.05) is 88.1 Å². The van der Waals surface area contributed by atoms with Crippen LogP contribution in [0.25, 0.3) is 0 Å². The van der Waals surface area contributed by atoms with E-state index in [9.17, 15) is 63.6 Å². The summed E-state index contributed by atoms with van der Waals surface area (Å²) in [6.07, 6.45) is 0.993. The highest BCUT2D eigenvalue weighted by Gasteiger charge is 2.34. The summed E-state index contributed by atoms with van der Waals surface area (Å²) in [6, 6.07) is 15.2. The van der Waals surface area contributed by atoms with Crippen LogP contribution in [0.1, 0.15) is 95.8 Å². The van der Waals surface area contributed by atoms with Crippen molar-refractivity contribution in [1.82, 2.24) is 37.2 Å². The Morgan fingerprint density at radius 3 is 0.937 bits per heavy atom. The molecular weight excluding hydrogens is 1100 g/mol. The molecule has 27 nitrogen and oxygen atoms in total. The van der Waals surface area contributed by atoms with E-state index >= 15 is 0 Å². The molecule has 0 aromatic heterocycles. The molecule has 3 aromatic carbocycles. The Labute approximate surface area is 459 Å². The van der Waals surface area contributed by atoms with Crippen LogP contribution in [0.3, 0.4) is 0 Å². The number of sulfonamides is 3. The van der Waals surface area contributed by atoms with E-state index < -0.39 is 77.0 Å².